The highest BCUT2D eigenvalue weighted by Gasteiger charge is 2.16. The van der Waals surface area contributed by atoms with Gasteiger partial charge >= 0.3 is 0 Å². The fourth-order valence-corrected chi connectivity index (χ4v) is 3.38. The lowest BCUT2D eigenvalue weighted by molar-refractivity contribution is 0.465. The zero-order chi connectivity index (χ0) is 9.80. The van der Waals surface area contributed by atoms with Crippen LogP contribution in [-0.4, -0.2) is 13.1 Å². The molecular weight excluding hydrogens is 190 g/mol. The van der Waals surface area contributed by atoms with Gasteiger partial charge in [0.25, 0.3) is 0 Å². The Morgan fingerprint density at radius 3 is 2.86 bits per heavy atom. The molecule has 2 rings (SSSR count). The lowest BCUT2D eigenvalue weighted by Gasteiger charge is -2.21. The number of nitrogens with one attached hydrogen (secondary N) is 1. The minimum atomic E-state index is 0.840. The summed E-state index contributed by atoms with van der Waals surface area (Å²) in [5, 5.41) is 3.42. The van der Waals surface area contributed by atoms with Crippen molar-refractivity contribution in [1.29, 1.82) is 0 Å². The Morgan fingerprint density at radius 2 is 2.14 bits per heavy atom. The van der Waals surface area contributed by atoms with Crippen molar-refractivity contribution >= 4 is 11.3 Å². The fraction of sp³-hybridized carbons (Fsp3) is 0.667. The molecule has 1 nitrogen and oxygen atoms in total. The van der Waals surface area contributed by atoms with Crippen LogP contribution in [0.15, 0.2) is 12.1 Å². The standard InChI is InChI=1S/C12H19NS/c1-2-3-11-4-5-12(14-11)10-6-8-13-9-7-10/h4-5,10,13H,2-3,6-9H2,1H3. The van der Waals surface area contributed by atoms with Gasteiger partial charge in [-0.3, -0.25) is 0 Å². The first-order valence-electron chi connectivity index (χ1n) is 5.69. The maximum atomic E-state index is 3.42. The molecule has 0 unspecified atom stereocenters. The number of aryl methyl sites for hydroxylation is 1. The summed E-state index contributed by atoms with van der Waals surface area (Å²) in [6.45, 7) is 4.65. The highest BCUT2D eigenvalue weighted by Crippen LogP contribution is 2.31. The highest BCUT2D eigenvalue weighted by atomic mass is 32.1. The molecule has 0 saturated carbocycles. The Morgan fingerprint density at radius 1 is 1.36 bits per heavy atom. The Balaban J connectivity index is 2.00. The zero-order valence-corrected chi connectivity index (χ0v) is 9.70. The normalized spacial score (nSPS) is 18.6. The van der Waals surface area contributed by atoms with E-state index < -0.39 is 0 Å². The Hall–Kier alpha value is -0.340. The molecule has 2 heterocycles. The molecule has 1 aromatic rings. The maximum Gasteiger partial charge on any atom is 0.00801 e. The minimum Gasteiger partial charge on any atom is -0.317 e. The highest BCUT2D eigenvalue weighted by molar-refractivity contribution is 7.12. The van der Waals surface area contributed by atoms with Gasteiger partial charge in [0.1, 0.15) is 0 Å². The van der Waals surface area contributed by atoms with E-state index in [1.165, 1.54) is 38.8 Å². The minimum absolute atomic E-state index is 0.840. The molecule has 0 bridgehead atoms. The first kappa shape index (κ1) is 10.2. The molecule has 2 heteroatoms. The summed E-state index contributed by atoms with van der Waals surface area (Å²) in [6.07, 6.45) is 5.18. The molecule has 1 aliphatic rings. The summed E-state index contributed by atoms with van der Waals surface area (Å²) in [7, 11) is 0. The first-order valence-corrected chi connectivity index (χ1v) is 6.51. The van der Waals surface area contributed by atoms with Crippen molar-refractivity contribution in [1.82, 2.24) is 5.32 Å². The zero-order valence-electron chi connectivity index (χ0n) is 8.88. The molecule has 1 N–H and O–H groups in total. The number of piperidine rings is 1. The van der Waals surface area contributed by atoms with Crippen LogP contribution in [0.5, 0.6) is 0 Å². The molecule has 0 aliphatic carbocycles. The van der Waals surface area contributed by atoms with E-state index in [4.69, 9.17) is 0 Å². The predicted molar refractivity (Wildman–Crippen MR) is 63.2 cm³/mol. The number of thiophene rings is 1. The van der Waals surface area contributed by atoms with Crippen LogP contribution >= 0.6 is 11.3 Å². The van der Waals surface area contributed by atoms with Gasteiger partial charge in [0.2, 0.25) is 0 Å². The molecule has 1 saturated heterocycles. The predicted octanol–water partition coefficient (Wildman–Crippen LogP) is 3.17. The van der Waals surface area contributed by atoms with Gasteiger partial charge in [0, 0.05) is 9.75 Å². The number of rotatable bonds is 3. The van der Waals surface area contributed by atoms with Crippen LogP contribution in [0.1, 0.15) is 41.9 Å². The summed E-state index contributed by atoms with van der Waals surface area (Å²) in [5.41, 5.74) is 0. The van der Waals surface area contributed by atoms with E-state index in [-0.39, 0.29) is 0 Å². The van der Waals surface area contributed by atoms with Gasteiger partial charge in [-0.15, -0.1) is 11.3 Å². The average Bonchev–Trinajstić information content (AvgIpc) is 2.68. The Labute approximate surface area is 90.5 Å². The van der Waals surface area contributed by atoms with Gasteiger partial charge in [-0.05, 0) is 50.4 Å². The van der Waals surface area contributed by atoms with Crippen LogP contribution in [0.3, 0.4) is 0 Å². The van der Waals surface area contributed by atoms with Crippen LogP contribution < -0.4 is 5.32 Å². The van der Waals surface area contributed by atoms with Gasteiger partial charge in [0.15, 0.2) is 0 Å². The van der Waals surface area contributed by atoms with Crippen LogP contribution in [0.4, 0.5) is 0 Å². The van der Waals surface area contributed by atoms with Crippen molar-refractivity contribution in [3.05, 3.63) is 21.9 Å². The molecule has 0 atom stereocenters. The van der Waals surface area contributed by atoms with Crippen LogP contribution in [-0.2, 0) is 6.42 Å². The van der Waals surface area contributed by atoms with Crippen molar-refractivity contribution < 1.29 is 0 Å². The second kappa shape index (κ2) is 4.94. The summed E-state index contributed by atoms with van der Waals surface area (Å²) in [4.78, 5) is 3.19. The average molecular weight is 209 g/mol. The molecular formula is C12H19NS. The van der Waals surface area contributed by atoms with E-state index in [9.17, 15) is 0 Å². The fourth-order valence-electron chi connectivity index (χ4n) is 2.10. The van der Waals surface area contributed by atoms with E-state index in [1.807, 2.05) is 11.3 Å². The summed E-state index contributed by atoms with van der Waals surface area (Å²) >= 11 is 2.04. The third-order valence-corrected chi connectivity index (χ3v) is 4.23. The second-order valence-corrected chi connectivity index (χ2v) is 5.28. The summed E-state index contributed by atoms with van der Waals surface area (Å²) < 4.78 is 0. The van der Waals surface area contributed by atoms with E-state index in [1.54, 1.807) is 9.75 Å². The first-order chi connectivity index (χ1) is 6.90. The van der Waals surface area contributed by atoms with Crippen molar-refractivity contribution in [2.24, 2.45) is 0 Å². The smallest absolute Gasteiger partial charge is 0.00801 e. The summed E-state index contributed by atoms with van der Waals surface area (Å²) in [5.74, 6) is 0.840. The van der Waals surface area contributed by atoms with Crippen molar-refractivity contribution in [3.63, 3.8) is 0 Å². The molecule has 0 spiro atoms. The molecule has 1 aliphatic heterocycles. The molecule has 0 amide bonds. The molecule has 0 aromatic carbocycles. The maximum absolute atomic E-state index is 3.42. The third-order valence-electron chi connectivity index (χ3n) is 2.92. The van der Waals surface area contributed by atoms with E-state index in [0.717, 1.165) is 5.92 Å². The lowest BCUT2D eigenvalue weighted by Crippen LogP contribution is -2.26. The van der Waals surface area contributed by atoms with Gasteiger partial charge in [-0.25, -0.2) is 0 Å². The third kappa shape index (κ3) is 2.37. The SMILES string of the molecule is CCCc1ccc(C2CCNCC2)s1. The largest absolute Gasteiger partial charge is 0.317 e. The molecule has 14 heavy (non-hydrogen) atoms. The molecule has 0 radical (unpaired) electrons. The van der Waals surface area contributed by atoms with E-state index >= 15 is 0 Å². The van der Waals surface area contributed by atoms with Crippen molar-refractivity contribution in [3.8, 4) is 0 Å². The van der Waals surface area contributed by atoms with Crippen LogP contribution in [0.25, 0.3) is 0 Å². The number of hydrogen-bond acceptors (Lipinski definition) is 2. The van der Waals surface area contributed by atoms with Gasteiger partial charge in [0.05, 0.1) is 0 Å². The van der Waals surface area contributed by atoms with E-state index in [0.29, 0.717) is 0 Å². The van der Waals surface area contributed by atoms with Crippen molar-refractivity contribution in [2.45, 2.75) is 38.5 Å². The Bertz CT molecular complexity index is 274. The van der Waals surface area contributed by atoms with Gasteiger partial charge in [-0.1, -0.05) is 13.3 Å². The summed E-state index contributed by atoms with van der Waals surface area (Å²) in [6, 6.07) is 4.68. The molecule has 1 fully saturated rings. The molecule has 78 valence electrons. The topological polar surface area (TPSA) is 12.0 Å². The monoisotopic (exact) mass is 209 g/mol. The van der Waals surface area contributed by atoms with Crippen molar-refractivity contribution in [2.75, 3.05) is 13.1 Å². The van der Waals surface area contributed by atoms with Crippen LogP contribution in [0.2, 0.25) is 0 Å². The van der Waals surface area contributed by atoms with Gasteiger partial charge < -0.3 is 5.32 Å². The Kier molecular flexibility index (Phi) is 3.60. The number of hydrogen-bond donors (Lipinski definition) is 1. The van der Waals surface area contributed by atoms with E-state index in [2.05, 4.69) is 24.4 Å². The molecule has 1 aromatic heterocycles. The quantitative estimate of drug-likeness (QED) is 0.806. The van der Waals surface area contributed by atoms with Crippen LogP contribution in [0, 0.1) is 0 Å². The second-order valence-electron chi connectivity index (χ2n) is 4.08. The lowest BCUT2D eigenvalue weighted by atomic mass is 9.97. The van der Waals surface area contributed by atoms with Gasteiger partial charge in [-0.2, -0.15) is 0 Å².